The van der Waals surface area contributed by atoms with Crippen molar-refractivity contribution in [3.63, 3.8) is 0 Å². The molecule has 0 atom stereocenters. The Morgan fingerprint density at radius 2 is 2.21 bits per heavy atom. The summed E-state index contributed by atoms with van der Waals surface area (Å²) in [5, 5.41) is 3.26. The first-order chi connectivity index (χ1) is 9.15. The predicted octanol–water partition coefficient (Wildman–Crippen LogP) is 2.28. The van der Waals surface area contributed by atoms with Crippen LogP contribution in [-0.4, -0.2) is 30.3 Å². The molecule has 1 fully saturated rings. The second-order valence-electron chi connectivity index (χ2n) is 5.08. The third-order valence-corrected chi connectivity index (χ3v) is 3.04. The van der Waals surface area contributed by atoms with Crippen molar-refractivity contribution in [2.75, 3.05) is 13.2 Å². The summed E-state index contributed by atoms with van der Waals surface area (Å²) >= 11 is 0. The predicted molar refractivity (Wildman–Crippen MR) is 70.6 cm³/mol. The van der Waals surface area contributed by atoms with Crippen LogP contribution in [0.5, 0.6) is 5.88 Å². The average molecular weight is 268 g/mol. The highest BCUT2D eigenvalue weighted by atomic mass is 19.1. The first-order valence-corrected chi connectivity index (χ1v) is 6.77. The molecule has 19 heavy (non-hydrogen) atoms. The Morgan fingerprint density at radius 1 is 1.47 bits per heavy atom. The molecule has 2 heterocycles. The molecule has 106 valence electrons. The molecule has 5 heteroatoms. The number of halogens is 1. The van der Waals surface area contributed by atoms with Crippen LogP contribution in [-0.2, 0) is 11.3 Å². The van der Waals surface area contributed by atoms with Gasteiger partial charge < -0.3 is 14.8 Å². The Balaban J connectivity index is 2.04. The van der Waals surface area contributed by atoms with E-state index in [4.69, 9.17) is 9.47 Å². The number of hydrogen-bond acceptors (Lipinski definition) is 4. The second kappa shape index (κ2) is 6.82. The van der Waals surface area contributed by atoms with Gasteiger partial charge in [0, 0.05) is 31.0 Å². The Hall–Kier alpha value is -1.20. The summed E-state index contributed by atoms with van der Waals surface area (Å²) in [7, 11) is 0. The van der Waals surface area contributed by atoms with Crippen molar-refractivity contribution in [3.05, 3.63) is 23.6 Å². The van der Waals surface area contributed by atoms with Crippen molar-refractivity contribution in [2.24, 2.45) is 0 Å². The molecule has 0 aliphatic carbocycles. The number of nitrogens with zero attached hydrogens (tertiary/aromatic N) is 1. The zero-order valence-electron chi connectivity index (χ0n) is 11.5. The molecule has 1 aliphatic heterocycles. The molecular formula is C14H21FN2O2. The maximum atomic E-state index is 13.3. The van der Waals surface area contributed by atoms with Crippen molar-refractivity contribution in [2.45, 2.75) is 45.4 Å². The van der Waals surface area contributed by atoms with Crippen molar-refractivity contribution < 1.29 is 13.9 Å². The van der Waals surface area contributed by atoms with Gasteiger partial charge in [-0.1, -0.05) is 13.8 Å². The molecule has 1 aromatic rings. The van der Waals surface area contributed by atoms with E-state index in [0.717, 1.165) is 18.4 Å². The van der Waals surface area contributed by atoms with Crippen LogP contribution in [0.4, 0.5) is 4.39 Å². The zero-order chi connectivity index (χ0) is 13.7. The average Bonchev–Trinajstić information content (AvgIpc) is 2.40. The van der Waals surface area contributed by atoms with Crippen LogP contribution >= 0.6 is 0 Å². The van der Waals surface area contributed by atoms with Crippen LogP contribution in [0.3, 0.4) is 0 Å². The largest absolute Gasteiger partial charge is 0.474 e. The lowest BCUT2D eigenvalue weighted by Crippen LogP contribution is -2.27. The quantitative estimate of drug-likeness (QED) is 0.889. The minimum Gasteiger partial charge on any atom is -0.474 e. The Bertz CT molecular complexity index is 406. The minimum atomic E-state index is -0.333. The molecule has 0 unspecified atom stereocenters. The summed E-state index contributed by atoms with van der Waals surface area (Å²) < 4.78 is 24.5. The van der Waals surface area contributed by atoms with E-state index in [1.165, 1.54) is 12.3 Å². The smallest absolute Gasteiger partial charge is 0.218 e. The first kappa shape index (κ1) is 14.2. The highest BCUT2D eigenvalue weighted by molar-refractivity contribution is 5.26. The molecule has 1 saturated heterocycles. The highest BCUT2D eigenvalue weighted by Gasteiger charge is 2.18. The van der Waals surface area contributed by atoms with E-state index in [2.05, 4.69) is 10.3 Å². The standard InChI is InChI=1S/C14H21FN2O2/c1-10(2)16-8-11-7-12(15)9-17-14(11)19-13-3-5-18-6-4-13/h7,9-10,13,16H,3-6,8H2,1-2H3. The summed E-state index contributed by atoms with van der Waals surface area (Å²) in [4.78, 5) is 4.07. The fraction of sp³-hybridized carbons (Fsp3) is 0.643. The van der Waals surface area contributed by atoms with Gasteiger partial charge in [0.15, 0.2) is 0 Å². The number of ether oxygens (including phenoxy) is 2. The number of nitrogens with one attached hydrogen (secondary N) is 1. The van der Waals surface area contributed by atoms with Crippen molar-refractivity contribution in [3.8, 4) is 5.88 Å². The normalized spacial score (nSPS) is 16.8. The zero-order valence-corrected chi connectivity index (χ0v) is 11.5. The van der Waals surface area contributed by atoms with Gasteiger partial charge in [-0.05, 0) is 6.07 Å². The van der Waals surface area contributed by atoms with Crippen LogP contribution in [0.25, 0.3) is 0 Å². The molecule has 1 N–H and O–H groups in total. The van der Waals surface area contributed by atoms with Crippen molar-refractivity contribution >= 4 is 0 Å². The van der Waals surface area contributed by atoms with Gasteiger partial charge in [-0.25, -0.2) is 9.37 Å². The Morgan fingerprint density at radius 3 is 2.89 bits per heavy atom. The van der Waals surface area contributed by atoms with E-state index in [1.807, 2.05) is 13.8 Å². The van der Waals surface area contributed by atoms with Crippen LogP contribution in [0, 0.1) is 5.82 Å². The summed E-state index contributed by atoms with van der Waals surface area (Å²) in [5.41, 5.74) is 0.764. The number of hydrogen-bond donors (Lipinski definition) is 1. The molecule has 0 saturated carbocycles. The van der Waals surface area contributed by atoms with Gasteiger partial charge >= 0.3 is 0 Å². The third kappa shape index (κ3) is 4.44. The van der Waals surface area contributed by atoms with Gasteiger partial charge in [-0.3, -0.25) is 0 Å². The van der Waals surface area contributed by atoms with Crippen molar-refractivity contribution in [1.82, 2.24) is 10.3 Å². The highest BCUT2D eigenvalue weighted by Crippen LogP contribution is 2.21. The maximum absolute atomic E-state index is 13.3. The fourth-order valence-corrected chi connectivity index (χ4v) is 1.97. The summed E-state index contributed by atoms with van der Waals surface area (Å²) in [6.45, 7) is 6.08. The molecule has 4 nitrogen and oxygen atoms in total. The Labute approximate surface area is 113 Å². The first-order valence-electron chi connectivity index (χ1n) is 6.77. The van der Waals surface area contributed by atoms with Gasteiger partial charge in [-0.15, -0.1) is 0 Å². The van der Waals surface area contributed by atoms with E-state index >= 15 is 0 Å². The molecule has 0 spiro atoms. The number of pyridine rings is 1. The van der Waals surface area contributed by atoms with E-state index in [9.17, 15) is 4.39 Å². The molecule has 2 rings (SSSR count). The topological polar surface area (TPSA) is 43.4 Å². The fourth-order valence-electron chi connectivity index (χ4n) is 1.97. The Kier molecular flexibility index (Phi) is 5.10. The van der Waals surface area contributed by atoms with E-state index in [-0.39, 0.29) is 11.9 Å². The van der Waals surface area contributed by atoms with Gasteiger partial charge in [0.2, 0.25) is 5.88 Å². The lowest BCUT2D eigenvalue weighted by molar-refractivity contribution is 0.0232. The van der Waals surface area contributed by atoms with Crippen LogP contribution in [0.2, 0.25) is 0 Å². The summed E-state index contributed by atoms with van der Waals surface area (Å²) in [6, 6.07) is 1.82. The molecule has 0 aromatic carbocycles. The van der Waals surface area contributed by atoms with Crippen LogP contribution in [0.15, 0.2) is 12.3 Å². The van der Waals surface area contributed by atoms with E-state index < -0.39 is 0 Å². The SMILES string of the molecule is CC(C)NCc1cc(F)cnc1OC1CCOCC1. The van der Waals surface area contributed by atoms with Gasteiger partial charge in [0.25, 0.3) is 0 Å². The minimum absolute atomic E-state index is 0.115. The molecular weight excluding hydrogens is 247 g/mol. The molecule has 1 aromatic heterocycles. The van der Waals surface area contributed by atoms with E-state index in [1.54, 1.807) is 0 Å². The molecule has 1 aliphatic rings. The van der Waals surface area contributed by atoms with Gasteiger partial charge in [-0.2, -0.15) is 0 Å². The van der Waals surface area contributed by atoms with Gasteiger partial charge in [0.05, 0.1) is 19.4 Å². The lowest BCUT2D eigenvalue weighted by atomic mass is 10.1. The third-order valence-electron chi connectivity index (χ3n) is 3.04. The van der Waals surface area contributed by atoms with E-state index in [0.29, 0.717) is 31.7 Å². The van der Waals surface area contributed by atoms with Crippen LogP contribution in [0.1, 0.15) is 32.3 Å². The summed E-state index contributed by atoms with van der Waals surface area (Å²) in [6.07, 6.45) is 3.03. The maximum Gasteiger partial charge on any atom is 0.218 e. The van der Waals surface area contributed by atoms with Gasteiger partial charge in [0.1, 0.15) is 11.9 Å². The lowest BCUT2D eigenvalue weighted by Gasteiger charge is -2.24. The molecule has 0 bridgehead atoms. The number of rotatable bonds is 5. The molecule has 0 amide bonds. The number of aromatic nitrogens is 1. The second-order valence-corrected chi connectivity index (χ2v) is 5.08. The molecule has 0 radical (unpaired) electrons. The summed E-state index contributed by atoms with van der Waals surface area (Å²) in [5.74, 6) is 0.196. The monoisotopic (exact) mass is 268 g/mol. The van der Waals surface area contributed by atoms with Crippen molar-refractivity contribution in [1.29, 1.82) is 0 Å². The van der Waals surface area contributed by atoms with Crippen LogP contribution < -0.4 is 10.1 Å².